The van der Waals surface area contributed by atoms with Gasteiger partial charge in [0, 0.05) is 34.7 Å². The molecule has 2 aromatic rings. The van der Waals surface area contributed by atoms with Gasteiger partial charge in [0.15, 0.2) is 15.6 Å². The smallest absolute Gasteiger partial charge is 0.159 e. The van der Waals surface area contributed by atoms with Crippen LogP contribution in [0.3, 0.4) is 0 Å². The fourth-order valence-electron chi connectivity index (χ4n) is 3.58. The standard InChI is InChI=1S/C22H25Cl2NO5S/c1-15(26)16-3-6-21(7-4-16)30-13-20(27)12-25(19-8-9-31(28,29)14-19)11-17-2-5-18(23)10-22(17)24/h2-7,10,19-20,27H,8-9,11-14H2,1H3. The second kappa shape index (κ2) is 10.3. The molecule has 0 bridgehead atoms. The molecular weight excluding hydrogens is 461 g/mol. The van der Waals surface area contributed by atoms with Crippen molar-refractivity contribution in [3.63, 3.8) is 0 Å². The zero-order chi connectivity index (χ0) is 22.6. The van der Waals surface area contributed by atoms with Crippen molar-refractivity contribution in [3.05, 3.63) is 63.6 Å². The number of ether oxygens (including phenoxy) is 1. The molecule has 31 heavy (non-hydrogen) atoms. The third-order valence-corrected chi connectivity index (χ3v) is 7.60. The van der Waals surface area contributed by atoms with Gasteiger partial charge in [-0.1, -0.05) is 29.3 Å². The Morgan fingerprint density at radius 3 is 2.52 bits per heavy atom. The van der Waals surface area contributed by atoms with E-state index in [1.54, 1.807) is 42.5 Å². The summed E-state index contributed by atoms with van der Waals surface area (Å²) in [6.07, 6.45) is -0.338. The Labute approximate surface area is 192 Å². The van der Waals surface area contributed by atoms with E-state index in [9.17, 15) is 18.3 Å². The molecule has 0 aromatic heterocycles. The summed E-state index contributed by atoms with van der Waals surface area (Å²) in [6, 6.07) is 11.7. The molecule has 6 nitrogen and oxygen atoms in total. The summed E-state index contributed by atoms with van der Waals surface area (Å²) < 4.78 is 29.6. The average Bonchev–Trinajstić information content (AvgIpc) is 3.07. The van der Waals surface area contributed by atoms with Crippen molar-refractivity contribution in [3.8, 4) is 5.75 Å². The summed E-state index contributed by atoms with van der Waals surface area (Å²) in [4.78, 5) is 13.3. The van der Waals surface area contributed by atoms with E-state index in [1.807, 2.05) is 4.90 Å². The number of halogens is 2. The van der Waals surface area contributed by atoms with E-state index < -0.39 is 15.9 Å². The molecule has 0 saturated carbocycles. The Morgan fingerprint density at radius 1 is 1.23 bits per heavy atom. The van der Waals surface area contributed by atoms with Gasteiger partial charge in [0.25, 0.3) is 0 Å². The van der Waals surface area contributed by atoms with Gasteiger partial charge in [-0.05, 0) is 55.3 Å². The summed E-state index contributed by atoms with van der Waals surface area (Å²) in [5.41, 5.74) is 1.39. The Kier molecular flexibility index (Phi) is 7.99. The summed E-state index contributed by atoms with van der Waals surface area (Å²) in [7, 11) is -3.09. The molecule has 1 saturated heterocycles. The quantitative estimate of drug-likeness (QED) is 0.546. The highest BCUT2D eigenvalue weighted by molar-refractivity contribution is 7.91. The minimum atomic E-state index is -3.09. The molecule has 2 aromatic carbocycles. The molecule has 0 aliphatic carbocycles. The lowest BCUT2D eigenvalue weighted by atomic mass is 10.1. The molecule has 2 atom stereocenters. The van der Waals surface area contributed by atoms with Crippen LogP contribution >= 0.6 is 23.2 Å². The highest BCUT2D eigenvalue weighted by Crippen LogP contribution is 2.26. The van der Waals surface area contributed by atoms with Crippen LogP contribution in [-0.4, -0.2) is 61.0 Å². The minimum Gasteiger partial charge on any atom is -0.491 e. The molecule has 9 heteroatoms. The predicted molar refractivity (Wildman–Crippen MR) is 122 cm³/mol. The van der Waals surface area contributed by atoms with Crippen LogP contribution in [0.25, 0.3) is 0 Å². The molecule has 0 spiro atoms. The number of Topliss-reactive ketones (excluding diaryl/α,β-unsaturated/α-hetero) is 1. The van der Waals surface area contributed by atoms with E-state index in [0.717, 1.165) is 5.56 Å². The Balaban J connectivity index is 1.66. The normalized spacial score (nSPS) is 18.8. The van der Waals surface area contributed by atoms with Crippen LogP contribution < -0.4 is 4.74 Å². The van der Waals surface area contributed by atoms with Gasteiger partial charge in [-0.25, -0.2) is 8.42 Å². The summed E-state index contributed by atoms with van der Waals surface area (Å²) in [5, 5.41) is 11.6. The number of carbonyl (C=O) groups excluding carboxylic acids is 1. The molecule has 1 N–H and O–H groups in total. The summed E-state index contributed by atoms with van der Waals surface area (Å²) in [6.45, 7) is 2.14. The number of ketones is 1. The monoisotopic (exact) mass is 485 g/mol. The molecule has 1 aliphatic rings. The zero-order valence-electron chi connectivity index (χ0n) is 17.1. The van der Waals surface area contributed by atoms with Gasteiger partial charge >= 0.3 is 0 Å². The van der Waals surface area contributed by atoms with Crippen molar-refractivity contribution in [2.45, 2.75) is 32.0 Å². The second-order valence-electron chi connectivity index (χ2n) is 7.77. The van der Waals surface area contributed by atoms with Crippen LogP contribution in [0, 0.1) is 0 Å². The van der Waals surface area contributed by atoms with Gasteiger partial charge in [0.1, 0.15) is 18.5 Å². The molecule has 0 amide bonds. The van der Waals surface area contributed by atoms with Crippen LogP contribution in [0.4, 0.5) is 0 Å². The van der Waals surface area contributed by atoms with Crippen molar-refractivity contribution < 1.29 is 23.1 Å². The molecule has 3 rings (SSSR count). The number of aliphatic hydroxyl groups excluding tert-OH is 1. The fraction of sp³-hybridized carbons (Fsp3) is 0.409. The Bertz CT molecular complexity index is 1030. The minimum absolute atomic E-state index is 0.0315. The van der Waals surface area contributed by atoms with E-state index in [1.165, 1.54) is 6.92 Å². The van der Waals surface area contributed by atoms with E-state index in [0.29, 0.717) is 34.3 Å². The molecule has 1 heterocycles. The number of nitrogens with zero attached hydrogens (tertiary/aromatic N) is 1. The van der Waals surface area contributed by atoms with Crippen molar-refractivity contribution in [1.82, 2.24) is 4.90 Å². The third kappa shape index (κ3) is 6.92. The van der Waals surface area contributed by atoms with Crippen molar-refractivity contribution in [1.29, 1.82) is 0 Å². The lowest BCUT2D eigenvalue weighted by Gasteiger charge is -2.30. The first-order valence-electron chi connectivity index (χ1n) is 9.93. The first kappa shape index (κ1) is 24.0. The SMILES string of the molecule is CC(=O)c1ccc(OCC(O)CN(Cc2ccc(Cl)cc2Cl)C2CCS(=O)(=O)C2)cc1. The third-order valence-electron chi connectivity index (χ3n) is 5.26. The van der Waals surface area contributed by atoms with Crippen molar-refractivity contribution >= 4 is 38.8 Å². The molecule has 168 valence electrons. The van der Waals surface area contributed by atoms with Crippen LogP contribution in [0.15, 0.2) is 42.5 Å². The lowest BCUT2D eigenvalue weighted by molar-refractivity contribution is 0.0525. The maximum absolute atomic E-state index is 12.0. The van der Waals surface area contributed by atoms with Crippen LogP contribution in [0.2, 0.25) is 10.0 Å². The Hall–Kier alpha value is -1.64. The van der Waals surface area contributed by atoms with Gasteiger partial charge in [0.2, 0.25) is 0 Å². The fourth-order valence-corrected chi connectivity index (χ4v) is 5.81. The summed E-state index contributed by atoms with van der Waals surface area (Å²) >= 11 is 12.3. The van der Waals surface area contributed by atoms with E-state index in [-0.39, 0.29) is 36.5 Å². The highest BCUT2D eigenvalue weighted by Gasteiger charge is 2.33. The number of hydrogen-bond donors (Lipinski definition) is 1. The first-order chi connectivity index (χ1) is 14.6. The number of benzene rings is 2. The number of sulfone groups is 1. The van der Waals surface area contributed by atoms with E-state index in [2.05, 4.69) is 0 Å². The van der Waals surface area contributed by atoms with Gasteiger partial charge in [-0.3, -0.25) is 9.69 Å². The van der Waals surface area contributed by atoms with Gasteiger partial charge in [-0.2, -0.15) is 0 Å². The van der Waals surface area contributed by atoms with Gasteiger partial charge < -0.3 is 9.84 Å². The predicted octanol–water partition coefficient (Wildman–Crippen LogP) is 3.63. The zero-order valence-corrected chi connectivity index (χ0v) is 19.5. The number of aliphatic hydroxyl groups is 1. The highest BCUT2D eigenvalue weighted by atomic mass is 35.5. The number of rotatable bonds is 9. The lowest BCUT2D eigenvalue weighted by Crippen LogP contribution is -2.42. The van der Waals surface area contributed by atoms with Gasteiger partial charge in [0.05, 0.1) is 11.5 Å². The molecule has 1 fully saturated rings. The van der Waals surface area contributed by atoms with Crippen LogP contribution in [0.1, 0.15) is 29.3 Å². The van der Waals surface area contributed by atoms with Crippen molar-refractivity contribution in [2.75, 3.05) is 24.7 Å². The largest absolute Gasteiger partial charge is 0.491 e. The summed E-state index contributed by atoms with van der Waals surface area (Å²) in [5.74, 6) is 0.699. The Morgan fingerprint density at radius 2 is 1.94 bits per heavy atom. The second-order valence-corrected chi connectivity index (χ2v) is 10.8. The van der Waals surface area contributed by atoms with E-state index in [4.69, 9.17) is 27.9 Å². The topological polar surface area (TPSA) is 83.9 Å². The maximum Gasteiger partial charge on any atom is 0.159 e. The number of hydrogen-bond acceptors (Lipinski definition) is 6. The van der Waals surface area contributed by atoms with Crippen LogP contribution in [-0.2, 0) is 16.4 Å². The first-order valence-corrected chi connectivity index (χ1v) is 12.5. The van der Waals surface area contributed by atoms with Gasteiger partial charge in [-0.15, -0.1) is 0 Å². The maximum atomic E-state index is 12.0. The van der Waals surface area contributed by atoms with Crippen LogP contribution in [0.5, 0.6) is 5.75 Å². The molecular formula is C22H25Cl2NO5S. The average molecular weight is 486 g/mol. The molecule has 0 radical (unpaired) electrons. The molecule has 1 aliphatic heterocycles. The van der Waals surface area contributed by atoms with Crippen molar-refractivity contribution in [2.24, 2.45) is 0 Å². The number of carbonyl (C=O) groups is 1. The molecule has 2 unspecified atom stereocenters. The van der Waals surface area contributed by atoms with E-state index >= 15 is 0 Å².